The summed E-state index contributed by atoms with van der Waals surface area (Å²) in [4.78, 5) is 21.1. The highest BCUT2D eigenvalue weighted by molar-refractivity contribution is 5.64. The van der Waals surface area contributed by atoms with Crippen LogP contribution in [0.2, 0.25) is 0 Å². The number of aryl methyl sites for hydroxylation is 1. The molecule has 0 aromatic carbocycles. The van der Waals surface area contributed by atoms with Crippen LogP contribution in [0.3, 0.4) is 0 Å². The predicted octanol–water partition coefficient (Wildman–Crippen LogP) is 1.49. The molecule has 1 N–H and O–H groups in total. The van der Waals surface area contributed by atoms with Gasteiger partial charge in [0.05, 0.1) is 23.3 Å². The number of nitrogens with one attached hydrogen (secondary N) is 1. The quantitative estimate of drug-likeness (QED) is 0.607. The summed E-state index contributed by atoms with van der Waals surface area (Å²) in [6.45, 7) is 0. The van der Waals surface area contributed by atoms with Crippen molar-refractivity contribution in [2.24, 2.45) is 7.05 Å². The van der Waals surface area contributed by atoms with E-state index in [1.165, 1.54) is 10.6 Å². The van der Waals surface area contributed by atoms with Crippen molar-refractivity contribution in [3.8, 4) is 22.6 Å². The second-order valence-electron chi connectivity index (χ2n) is 4.96. The highest BCUT2D eigenvalue weighted by atomic mass is 16.1. The second kappa shape index (κ2) is 4.66. The fourth-order valence-electron chi connectivity index (χ4n) is 2.35. The number of aromatic amines is 1. The van der Waals surface area contributed by atoms with E-state index >= 15 is 0 Å². The standard InChI is InChI=1S/C15H12N6O/c1-20-9-10(8-17-20)12-7-15(22)21-14(18-12)6-13(19-21)11-4-2-3-5-16-11/h2-9,19H,1H3. The predicted molar refractivity (Wildman–Crippen MR) is 81.2 cm³/mol. The van der Waals surface area contributed by atoms with Crippen LogP contribution in [0, 0.1) is 0 Å². The molecule has 4 heterocycles. The molecule has 0 saturated carbocycles. The highest BCUT2D eigenvalue weighted by Crippen LogP contribution is 2.18. The van der Waals surface area contributed by atoms with Crippen LogP contribution >= 0.6 is 0 Å². The number of pyridine rings is 1. The van der Waals surface area contributed by atoms with Crippen LogP contribution in [-0.4, -0.2) is 29.4 Å². The number of nitrogens with zero attached hydrogens (tertiary/aromatic N) is 5. The van der Waals surface area contributed by atoms with Crippen molar-refractivity contribution in [1.29, 1.82) is 0 Å². The molecule has 0 aliphatic heterocycles. The Morgan fingerprint density at radius 2 is 2.09 bits per heavy atom. The van der Waals surface area contributed by atoms with Crippen molar-refractivity contribution >= 4 is 5.65 Å². The summed E-state index contributed by atoms with van der Waals surface area (Å²) in [6, 6.07) is 8.91. The van der Waals surface area contributed by atoms with Gasteiger partial charge in [-0.15, -0.1) is 0 Å². The van der Waals surface area contributed by atoms with E-state index in [0.29, 0.717) is 11.3 Å². The van der Waals surface area contributed by atoms with Crippen LogP contribution in [0.4, 0.5) is 0 Å². The smallest absolute Gasteiger partial charge is 0.273 e. The summed E-state index contributed by atoms with van der Waals surface area (Å²) in [7, 11) is 1.82. The summed E-state index contributed by atoms with van der Waals surface area (Å²) < 4.78 is 3.08. The number of hydrogen-bond donors (Lipinski definition) is 1. The molecule has 0 aliphatic rings. The Kier molecular flexibility index (Phi) is 2.65. The molecular weight excluding hydrogens is 280 g/mol. The van der Waals surface area contributed by atoms with Crippen LogP contribution in [0.15, 0.2) is 53.7 Å². The van der Waals surface area contributed by atoms with Crippen LogP contribution in [-0.2, 0) is 7.05 Å². The summed E-state index contributed by atoms with van der Waals surface area (Å²) in [5.41, 5.74) is 3.29. The maximum Gasteiger partial charge on any atom is 0.273 e. The maximum absolute atomic E-state index is 12.3. The lowest BCUT2D eigenvalue weighted by Crippen LogP contribution is -2.14. The Balaban J connectivity index is 1.90. The molecule has 7 heteroatoms. The van der Waals surface area contributed by atoms with Gasteiger partial charge in [-0.3, -0.25) is 19.6 Å². The monoisotopic (exact) mass is 292 g/mol. The lowest BCUT2D eigenvalue weighted by atomic mass is 10.2. The Hall–Kier alpha value is -3.22. The number of rotatable bonds is 2. The van der Waals surface area contributed by atoms with Gasteiger partial charge in [0.2, 0.25) is 0 Å². The second-order valence-corrected chi connectivity index (χ2v) is 4.96. The molecule has 0 spiro atoms. The van der Waals surface area contributed by atoms with Gasteiger partial charge < -0.3 is 0 Å². The minimum Gasteiger partial charge on any atom is -0.287 e. The molecule has 7 nitrogen and oxygen atoms in total. The Morgan fingerprint density at radius 1 is 1.18 bits per heavy atom. The van der Waals surface area contributed by atoms with Gasteiger partial charge in [-0.2, -0.15) is 5.10 Å². The molecule has 0 amide bonds. The van der Waals surface area contributed by atoms with Crippen molar-refractivity contribution < 1.29 is 0 Å². The molecule has 22 heavy (non-hydrogen) atoms. The number of aromatic nitrogens is 6. The zero-order chi connectivity index (χ0) is 15.1. The number of fused-ring (bicyclic) bond motifs is 1. The first kappa shape index (κ1) is 12.5. The normalized spacial score (nSPS) is 11.1. The van der Waals surface area contributed by atoms with Gasteiger partial charge in [0, 0.05) is 37.1 Å². The van der Waals surface area contributed by atoms with E-state index in [-0.39, 0.29) is 5.56 Å². The third-order valence-electron chi connectivity index (χ3n) is 3.39. The van der Waals surface area contributed by atoms with Crippen LogP contribution in [0.5, 0.6) is 0 Å². The molecule has 0 bridgehead atoms. The van der Waals surface area contributed by atoms with E-state index in [1.807, 2.05) is 37.5 Å². The lowest BCUT2D eigenvalue weighted by molar-refractivity contribution is 0.768. The van der Waals surface area contributed by atoms with Crippen molar-refractivity contribution in [3.63, 3.8) is 0 Å². The van der Waals surface area contributed by atoms with E-state index in [1.54, 1.807) is 17.1 Å². The highest BCUT2D eigenvalue weighted by Gasteiger charge is 2.10. The van der Waals surface area contributed by atoms with Crippen molar-refractivity contribution in [3.05, 3.63) is 59.3 Å². The van der Waals surface area contributed by atoms with Gasteiger partial charge in [0.1, 0.15) is 0 Å². The van der Waals surface area contributed by atoms with Gasteiger partial charge in [-0.05, 0) is 12.1 Å². The van der Waals surface area contributed by atoms with Crippen molar-refractivity contribution in [2.75, 3.05) is 0 Å². The Bertz CT molecular complexity index is 1010. The molecule has 0 unspecified atom stereocenters. The average molecular weight is 292 g/mol. The average Bonchev–Trinajstić information content (AvgIpc) is 3.14. The zero-order valence-corrected chi connectivity index (χ0v) is 11.8. The fraction of sp³-hybridized carbons (Fsp3) is 0.0667. The Morgan fingerprint density at radius 3 is 2.82 bits per heavy atom. The molecule has 4 aromatic rings. The first-order valence-corrected chi connectivity index (χ1v) is 6.74. The van der Waals surface area contributed by atoms with E-state index in [0.717, 1.165) is 17.0 Å². The third-order valence-corrected chi connectivity index (χ3v) is 3.39. The molecule has 0 radical (unpaired) electrons. The molecule has 0 saturated heterocycles. The molecule has 0 atom stereocenters. The van der Waals surface area contributed by atoms with E-state index in [4.69, 9.17) is 0 Å². The molecular formula is C15H12N6O. The third kappa shape index (κ3) is 1.99. The molecule has 0 fully saturated rings. The van der Waals surface area contributed by atoms with Crippen LogP contribution < -0.4 is 5.56 Å². The van der Waals surface area contributed by atoms with E-state index < -0.39 is 0 Å². The lowest BCUT2D eigenvalue weighted by Gasteiger charge is -1.97. The molecule has 4 rings (SSSR count). The van der Waals surface area contributed by atoms with Crippen LogP contribution in [0.25, 0.3) is 28.3 Å². The maximum atomic E-state index is 12.3. The minimum absolute atomic E-state index is 0.175. The minimum atomic E-state index is -0.175. The molecule has 108 valence electrons. The SMILES string of the molecule is Cn1cc(-c2cc(=O)n3[nH]c(-c4ccccn4)cc3n2)cn1. The van der Waals surface area contributed by atoms with E-state index in [9.17, 15) is 4.79 Å². The largest absolute Gasteiger partial charge is 0.287 e. The first-order chi connectivity index (χ1) is 10.7. The van der Waals surface area contributed by atoms with Gasteiger partial charge in [-0.1, -0.05) is 6.07 Å². The van der Waals surface area contributed by atoms with E-state index in [2.05, 4.69) is 20.2 Å². The van der Waals surface area contributed by atoms with Gasteiger partial charge in [-0.25, -0.2) is 9.50 Å². The summed E-state index contributed by atoms with van der Waals surface area (Å²) >= 11 is 0. The first-order valence-electron chi connectivity index (χ1n) is 6.74. The summed E-state index contributed by atoms with van der Waals surface area (Å²) in [6.07, 6.45) is 5.22. The van der Waals surface area contributed by atoms with Crippen molar-refractivity contribution in [2.45, 2.75) is 0 Å². The number of H-pyrrole nitrogens is 1. The topological polar surface area (TPSA) is 80.9 Å². The Labute approximate surface area is 124 Å². The summed E-state index contributed by atoms with van der Waals surface area (Å²) in [5, 5.41) is 7.13. The molecule has 0 aliphatic carbocycles. The van der Waals surface area contributed by atoms with Crippen LogP contribution in [0.1, 0.15) is 0 Å². The van der Waals surface area contributed by atoms with Gasteiger partial charge >= 0.3 is 0 Å². The van der Waals surface area contributed by atoms with Crippen molar-refractivity contribution in [1.82, 2.24) is 29.4 Å². The van der Waals surface area contributed by atoms with Gasteiger partial charge in [0.25, 0.3) is 5.56 Å². The van der Waals surface area contributed by atoms with Gasteiger partial charge in [0.15, 0.2) is 5.65 Å². The number of hydrogen-bond acceptors (Lipinski definition) is 4. The summed E-state index contributed by atoms with van der Waals surface area (Å²) in [5.74, 6) is 0. The molecule has 4 aromatic heterocycles. The zero-order valence-electron chi connectivity index (χ0n) is 11.8. The fourth-order valence-corrected chi connectivity index (χ4v) is 2.35.